The van der Waals surface area contributed by atoms with Gasteiger partial charge >= 0.3 is 0 Å². The predicted molar refractivity (Wildman–Crippen MR) is 58.7 cm³/mol. The molecule has 1 aliphatic rings. The molecular weight excluding hydrogens is 206 g/mol. The highest BCUT2D eigenvalue weighted by atomic mass is 16.3. The lowest BCUT2D eigenvalue weighted by atomic mass is 10.2. The van der Waals surface area contributed by atoms with E-state index in [-0.39, 0.29) is 18.6 Å². The highest BCUT2D eigenvalue weighted by Crippen LogP contribution is 2.17. The zero-order chi connectivity index (χ0) is 11.4. The Kier molecular flexibility index (Phi) is 3.56. The molecule has 0 bridgehead atoms. The molecule has 5 heteroatoms. The summed E-state index contributed by atoms with van der Waals surface area (Å²) in [6.45, 7) is 1.47. The lowest BCUT2D eigenvalue weighted by Gasteiger charge is -2.22. The van der Waals surface area contributed by atoms with Crippen molar-refractivity contribution in [1.29, 1.82) is 0 Å². The van der Waals surface area contributed by atoms with Crippen LogP contribution in [0.2, 0.25) is 0 Å². The molecule has 1 aliphatic heterocycles. The topological polar surface area (TPSA) is 58.4 Å². The average molecular weight is 223 g/mol. The number of amides is 1. The van der Waals surface area contributed by atoms with E-state index in [1.54, 1.807) is 15.8 Å². The molecule has 1 amide bonds. The van der Waals surface area contributed by atoms with Crippen LogP contribution in [-0.2, 0) is 11.3 Å². The zero-order valence-corrected chi connectivity index (χ0v) is 9.25. The molecule has 0 radical (unpaired) electrons. The Balaban J connectivity index is 1.83. The number of hydrogen-bond acceptors (Lipinski definition) is 3. The van der Waals surface area contributed by atoms with E-state index >= 15 is 0 Å². The third-order valence-corrected chi connectivity index (χ3v) is 3.02. The van der Waals surface area contributed by atoms with Crippen LogP contribution in [-0.4, -0.2) is 44.9 Å². The van der Waals surface area contributed by atoms with Gasteiger partial charge in [-0.15, -0.1) is 0 Å². The molecule has 1 unspecified atom stereocenters. The van der Waals surface area contributed by atoms with Crippen molar-refractivity contribution in [2.24, 2.45) is 0 Å². The van der Waals surface area contributed by atoms with Crippen molar-refractivity contribution < 1.29 is 9.90 Å². The minimum absolute atomic E-state index is 0.0325. The molecule has 1 atom stereocenters. The fourth-order valence-electron chi connectivity index (χ4n) is 2.14. The van der Waals surface area contributed by atoms with Crippen molar-refractivity contribution >= 4 is 5.91 Å². The smallest absolute Gasteiger partial charge is 0.224 e. The molecule has 0 saturated carbocycles. The first-order valence-electron chi connectivity index (χ1n) is 5.69. The van der Waals surface area contributed by atoms with Gasteiger partial charge in [-0.2, -0.15) is 5.10 Å². The highest BCUT2D eigenvalue weighted by Gasteiger charge is 2.27. The SMILES string of the molecule is O=C(CCn1cccn1)N1CCCC1CO. The summed E-state index contributed by atoms with van der Waals surface area (Å²) in [6.07, 6.45) is 5.93. The van der Waals surface area contributed by atoms with E-state index in [4.69, 9.17) is 5.11 Å². The van der Waals surface area contributed by atoms with Crippen LogP contribution in [0.3, 0.4) is 0 Å². The minimum Gasteiger partial charge on any atom is -0.394 e. The number of hydrogen-bond donors (Lipinski definition) is 1. The second-order valence-electron chi connectivity index (χ2n) is 4.08. The lowest BCUT2D eigenvalue weighted by molar-refractivity contribution is -0.133. The molecule has 0 aromatic carbocycles. The van der Waals surface area contributed by atoms with Gasteiger partial charge in [0.25, 0.3) is 0 Å². The molecule has 2 rings (SSSR count). The summed E-state index contributed by atoms with van der Waals surface area (Å²) in [7, 11) is 0. The second-order valence-corrected chi connectivity index (χ2v) is 4.08. The summed E-state index contributed by atoms with van der Waals surface area (Å²) in [5.41, 5.74) is 0. The van der Waals surface area contributed by atoms with E-state index in [0.29, 0.717) is 13.0 Å². The van der Waals surface area contributed by atoms with E-state index in [1.165, 1.54) is 0 Å². The average Bonchev–Trinajstić information content (AvgIpc) is 2.96. The first kappa shape index (κ1) is 11.1. The number of carbonyl (C=O) groups is 1. The van der Waals surface area contributed by atoms with Gasteiger partial charge in [-0.25, -0.2) is 0 Å². The standard InChI is InChI=1S/C11H17N3O2/c15-9-10-3-1-7-14(10)11(16)4-8-13-6-2-5-12-13/h2,5-6,10,15H,1,3-4,7-9H2. The van der Waals surface area contributed by atoms with Crippen LogP contribution in [0.1, 0.15) is 19.3 Å². The van der Waals surface area contributed by atoms with Crippen molar-refractivity contribution in [1.82, 2.24) is 14.7 Å². The van der Waals surface area contributed by atoms with Gasteiger partial charge in [0.15, 0.2) is 0 Å². The maximum atomic E-state index is 11.9. The van der Waals surface area contributed by atoms with Gasteiger partial charge in [0.1, 0.15) is 0 Å². The highest BCUT2D eigenvalue weighted by molar-refractivity contribution is 5.76. The maximum Gasteiger partial charge on any atom is 0.224 e. The Bertz CT molecular complexity index is 337. The molecule has 0 spiro atoms. The van der Waals surface area contributed by atoms with Gasteiger partial charge in [0.05, 0.1) is 12.6 Å². The monoisotopic (exact) mass is 223 g/mol. The van der Waals surface area contributed by atoms with E-state index in [0.717, 1.165) is 19.4 Å². The normalized spacial score (nSPS) is 20.3. The van der Waals surface area contributed by atoms with Crippen LogP contribution >= 0.6 is 0 Å². The summed E-state index contributed by atoms with van der Waals surface area (Å²) >= 11 is 0. The van der Waals surface area contributed by atoms with E-state index < -0.39 is 0 Å². The van der Waals surface area contributed by atoms with Gasteiger partial charge in [-0.05, 0) is 18.9 Å². The minimum atomic E-state index is 0.0325. The Morgan fingerprint density at radius 2 is 2.44 bits per heavy atom. The molecule has 5 nitrogen and oxygen atoms in total. The van der Waals surface area contributed by atoms with Crippen molar-refractivity contribution in [2.45, 2.75) is 31.8 Å². The van der Waals surface area contributed by atoms with Crippen LogP contribution in [0.15, 0.2) is 18.5 Å². The molecular formula is C11H17N3O2. The van der Waals surface area contributed by atoms with Crippen molar-refractivity contribution in [3.8, 4) is 0 Å². The number of likely N-dealkylation sites (tertiary alicyclic amines) is 1. The van der Waals surface area contributed by atoms with Crippen molar-refractivity contribution in [3.63, 3.8) is 0 Å². The molecule has 1 N–H and O–H groups in total. The number of aryl methyl sites for hydroxylation is 1. The van der Waals surface area contributed by atoms with Crippen LogP contribution in [0.5, 0.6) is 0 Å². The Morgan fingerprint density at radius 1 is 1.56 bits per heavy atom. The van der Waals surface area contributed by atoms with Gasteiger partial charge in [-0.3, -0.25) is 9.48 Å². The van der Waals surface area contributed by atoms with Gasteiger partial charge in [0.2, 0.25) is 5.91 Å². The number of carbonyl (C=O) groups excluding carboxylic acids is 1. The number of rotatable bonds is 4. The van der Waals surface area contributed by atoms with Crippen LogP contribution in [0, 0.1) is 0 Å². The zero-order valence-electron chi connectivity index (χ0n) is 9.25. The summed E-state index contributed by atoms with van der Waals surface area (Å²) in [4.78, 5) is 13.7. The molecule has 16 heavy (non-hydrogen) atoms. The summed E-state index contributed by atoms with van der Waals surface area (Å²) in [6, 6.07) is 1.88. The number of nitrogens with zero attached hydrogens (tertiary/aromatic N) is 3. The summed E-state index contributed by atoms with van der Waals surface area (Å²) in [5.74, 6) is 0.118. The van der Waals surface area contributed by atoms with E-state index in [9.17, 15) is 4.79 Å². The number of aliphatic hydroxyl groups is 1. The number of aliphatic hydroxyl groups excluding tert-OH is 1. The Labute approximate surface area is 94.7 Å². The Morgan fingerprint density at radius 3 is 3.12 bits per heavy atom. The van der Waals surface area contributed by atoms with Gasteiger partial charge < -0.3 is 10.0 Å². The van der Waals surface area contributed by atoms with Gasteiger partial charge in [-0.1, -0.05) is 0 Å². The third-order valence-electron chi connectivity index (χ3n) is 3.02. The van der Waals surface area contributed by atoms with E-state index in [1.807, 2.05) is 12.3 Å². The van der Waals surface area contributed by atoms with Crippen LogP contribution in [0.25, 0.3) is 0 Å². The fourth-order valence-corrected chi connectivity index (χ4v) is 2.14. The van der Waals surface area contributed by atoms with Gasteiger partial charge in [0, 0.05) is 31.9 Å². The predicted octanol–water partition coefficient (Wildman–Crippen LogP) is 0.257. The fraction of sp³-hybridized carbons (Fsp3) is 0.636. The molecule has 1 saturated heterocycles. The summed E-state index contributed by atoms with van der Waals surface area (Å²) < 4.78 is 1.75. The lowest BCUT2D eigenvalue weighted by Crippen LogP contribution is -2.38. The molecule has 1 fully saturated rings. The molecule has 88 valence electrons. The second kappa shape index (κ2) is 5.12. The largest absolute Gasteiger partial charge is 0.394 e. The molecule has 2 heterocycles. The van der Waals surface area contributed by atoms with Crippen LogP contribution < -0.4 is 0 Å². The summed E-state index contributed by atoms with van der Waals surface area (Å²) in [5, 5.41) is 13.2. The Hall–Kier alpha value is -1.36. The molecule has 1 aromatic heterocycles. The molecule has 1 aromatic rings. The molecule has 0 aliphatic carbocycles. The maximum absolute atomic E-state index is 11.9. The van der Waals surface area contributed by atoms with Crippen molar-refractivity contribution in [2.75, 3.05) is 13.2 Å². The quantitative estimate of drug-likeness (QED) is 0.796. The third kappa shape index (κ3) is 2.41. The first-order valence-corrected chi connectivity index (χ1v) is 5.69. The van der Waals surface area contributed by atoms with Crippen molar-refractivity contribution in [3.05, 3.63) is 18.5 Å². The number of aromatic nitrogens is 2. The first-order chi connectivity index (χ1) is 7.81. The van der Waals surface area contributed by atoms with E-state index in [2.05, 4.69) is 5.10 Å². The van der Waals surface area contributed by atoms with Crippen LogP contribution in [0.4, 0.5) is 0 Å².